The lowest BCUT2D eigenvalue weighted by Crippen LogP contribution is -2.37. The molecular weight excluding hydrogens is 392 g/mol. The Morgan fingerprint density at radius 2 is 1.97 bits per heavy atom. The zero-order chi connectivity index (χ0) is 20.7. The molecule has 3 aromatic carbocycles. The maximum atomic E-state index is 13.5. The zero-order valence-electron chi connectivity index (χ0n) is 16.9. The predicted octanol–water partition coefficient (Wildman–Crippen LogP) is 5.64. The lowest BCUT2D eigenvalue weighted by atomic mass is 9.73. The van der Waals surface area contributed by atoms with Gasteiger partial charge in [-0.05, 0) is 52.9 Å². The molecule has 0 aliphatic heterocycles. The Bertz CT molecular complexity index is 1240. The van der Waals surface area contributed by atoms with Crippen molar-refractivity contribution in [3.8, 4) is 5.75 Å². The molecule has 4 nitrogen and oxygen atoms in total. The van der Waals surface area contributed by atoms with Gasteiger partial charge in [0, 0.05) is 17.5 Å². The first-order valence-corrected chi connectivity index (χ1v) is 10.8. The number of aromatic nitrogens is 1. The molecule has 2 atom stereocenters. The highest BCUT2D eigenvalue weighted by Crippen LogP contribution is 2.52. The van der Waals surface area contributed by atoms with Gasteiger partial charge in [0.15, 0.2) is 5.13 Å². The monoisotopic (exact) mass is 414 g/mol. The summed E-state index contributed by atoms with van der Waals surface area (Å²) in [5, 5.41) is 7.91. The van der Waals surface area contributed by atoms with Gasteiger partial charge in [0.2, 0.25) is 5.91 Å². The Labute approximate surface area is 179 Å². The van der Waals surface area contributed by atoms with Crippen LogP contribution in [0.2, 0.25) is 0 Å². The molecule has 1 amide bonds. The Balaban J connectivity index is 1.64. The number of anilines is 1. The fraction of sp³-hybridized carbons (Fsp3) is 0.200. The van der Waals surface area contributed by atoms with Gasteiger partial charge in [0.05, 0.1) is 12.5 Å². The molecule has 1 heterocycles. The van der Waals surface area contributed by atoms with Crippen LogP contribution in [-0.2, 0) is 11.2 Å². The number of benzene rings is 3. The van der Waals surface area contributed by atoms with E-state index in [1.54, 1.807) is 13.3 Å². The largest absolute Gasteiger partial charge is 0.497 e. The topological polar surface area (TPSA) is 51.2 Å². The molecule has 0 saturated heterocycles. The van der Waals surface area contributed by atoms with Gasteiger partial charge in [-0.2, -0.15) is 0 Å². The smallest absolute Gasteiger partial charge is 0.233 e. The maximum absolute atomic E-state index is 13.5. The van der Waals surface area contributed by atoms with Gasteiger partial charge >= 0.3 is 0 Å². The maximum Gasteiger partial charge on any atom is 0.233 e. The minimum Gasteiger partial charge on any atom is -0.497 e. The summed E-state index contributed by atoms with van der Waals surface area (Å²) < 4.78 is 5.50. The minimum absolute atomic E-state index is 0.00854. The van der Waals surface area contributed by atoms with E-state index in [1.165, 1.54) is 27.7 Å². The van der Waals surface area contributed by atoms with Crippen LogP contribution in [0, 0.1) is 5.41 Å². The molecule has 0 bridgehead atoms. The molecular formula is C25H22N2O2S. The molecule has 5 rings (SSSR count). The fourth-order valence-electron chi connectivity index (χ4n) is 4.64. The average molecular weight is 415 g/mol. The third-order valence-corrected chi connectivity index (χ3v) is 6.83. The number of rotatable bonds is 4. The third-order valence-electron chi connectivity index (χ3n) is 6.14. The van der Waals surface area contributed by atoms with Gasteiger partial charge in [-0.1, -0.05) is 48.5 Å². The van der Waals surface area contributed by atoms with Crippen molar-refractivity contribution in [1.82, 2.24) is 4.98 Å². The van der Waals surface area contributed by atoms with Crippen molar-refractivity contribution in [3.05, 3.63) is 88.9 Å². The third kappa shape index (κ3) is 3.06. The molecule has 0 spiro atoms. The average Bonchev–Trinajstić information content (AvgIpc) is 3.38. The summed E-state index contributed by atoms with van der Waals surface area (Å²) in [7, 11) is 1.68. The van der Waals surface area contributed by atoms with Crippen molar-refractivity contribution in [3.63, 3.8) is 0 Å². The van der Waals surface area contributed by atoms with E-state index in [-0.39, 0.29) is 11.8 Å². The molecule has 0 fully saturated rings. The summed E-state index contributed by atoms with van der Waals surface area (Å²) in [6, 6.07) is 21.0. The Kier molecular flexibility index (Phi) is 4.55. The quantitative estimate of drug-likeness (QED) is 0.470. The summed E-state index contributed by atoms with van der Waals surface area (Å²) in [6.07, 6.45) is 2.37. The van der Waals surface area contributed by atoms with E-state index in [9.17, 15) is 4.79 Å². The van der Waals surface area contributed by atoms with Crippen LogP contribution in [0.4, 0.5) is 5.13 Å². The van der Waals surface area contributed by atoms with E-state index in [1.807, 2.05) is 23.6 Å². The number of carbonyl (C=O) groups excluding carboxylic acids is 1. The van der Waals surface area contributed by atoms with Crippen molar-refractivity contribution in [2.45, 2.75) is 19.3 Å². The van der Waals surface area contributed by atoms with E-state index >= 15 is 0 Å². The van der Waals surface area contributed by atoms with Crippen LogP contribution in [0.3, 0.4) is 0 Å². The number of fused-ring (bicyclic) bond motifs is 2. The van der Waals surface area contributed by atoms with E-state index in [0.717, 1.165) is 16.9 Å². The Morgan fingerprint density at radius 3 is 2.73 bits per heavy atom. The highest BCUT2D eigenvalue weighted by Gasteiger charge is 2.49. The van der Waals surface area contributed by atoms with Crippen molar-refractivity contribution in [2.75, 3.05) is 12.4 Å². The Morgan fingerprint density at radius 1 is 1.13 bits per heavy atom. The summed E-state index contributed by atoms with van der Waals surface area (Å²) in [4.78, 5) is 17.8. The lowest BCUT2D eigenvalue weighted by Gasteiger charge is -2.31. The van der Waals surface area contributed by atoms with Crippen molar-refractivity contribution in [1.29, 1.82) is 0 Å². The van der Waals surface area contributed by atoms with Crippen LogP contribution in [0.5, 0.6) is 5.75 Å². The molecule has 2 unspecified atom stereocenters. The first-order valence-electron chi connectivity index (χ1n) is 9.95. The summed E-state index contributed by atoms with van der Waals surface area (Å²) in [6.45, 7) is 2.06. The highest BCUT2D eigenvalue weighted by atomic mass is 32.1. The van der Waals surface area contributed by atoms with Crippen LogP contribution in [0.1, 0.15) is 29.5 Å². The molecule has 30 heavy (non-hydrogen) atoms. The number of thiazole rings is 1. The molecule has 0 saturated carbocycles. The van der Waals surface area contributed by atoms with Gasteiger partial charge in [-0.15, -0.1) is 11.3 Å². The fourth-order valence-corrected chi connectivity index (χ4v) is 5.17. The first kappa shape index (κ1) is 18.8. The molecule has 4 aromatic rings. The molecule has 150 valence electrons. The first-order chi connectivity index (χ1) is 14.6. The van der Waals surface area contributed by atoms with Gasteiger partial charge in [-0.25, -0.2) is 4.98 Å². The van der Waals surface area contributed by atoms with Gasteiger partial charge in [0.1, 0.15) is 5.75 Å². The molecule has 1 N–H and O–H groups in total. The number of hydrogen-bond donors (Lipinski definition) is 1. The standard InChI is InChI=1S/C25H22N2O2S/c1-25(23(28)27-24-26-11-12-30-24)15-19-9-10-20(29-2)14-21(19)22(25)18-8-7-16-5-3-4-6-17(16)13-18/h3-14,22H,15H2,1-2H3,(H,26,27,28). The number of nitrogens with zero attached hydrogens (tertiary/aromatic N) is 1. The van der Waals surface area contributed by atoms with Crippen LogP contribution < -0.4 is 10.1 Å². The number of nitrogens with one attached hydrogen (secondary N) is 1. The van der Waals surface area contributed by atoms with Crippen LogP contribution in [-0.4, -0.2) is 18.0 Å². The van der Waals surface area contributed by atoms with Crippen molar-refractivity contribution >= 4 is 33.1 Å². The minimum atomic E-state index is -0.636. The molecule has 1 aliphatic carbocycles. The second-order valence-corrected chi connectivity index (χ2v) is 8.88. The van der Waals surface area contributed by atoms with Crippen molar-refractivity contribution in [2.24, 2.45) is 5.41 Å². The number of hydrogen-bond acceptors (Lipinski definition) is 4. The predicted molar refractivity (Wildman–Crippen MR) is 121 cm³/mol. The molecule has 1 aliphatic rings. The van der Waals surface area contributed by atoms with Crippen LogP contribution in [0.15, 0.2) is 72.2 Å². The van der Waals surface area contributed by atoms with E-state index in [2.05, 4.69) is 59.7 Å². The van der Waals surface area contributed by atoms with E-state index < -0.39 is 5.41 Å². The number of amides is 1. The molecule has 0 radical (unpaired) electrons. The van der Waals surface area contributed by atoms with Gasteiger partial charge < -0.3 is 10.1 Å². The number of carbonyl (C=O) groups is 1. The van der Waals surface area contributed by atoms with Crippen molar-refractivity contribution < 1.29 is 9.53 Å². The summed E-state index contributed by atoms with van der Waals surface area (Å²) in [5.74, 6) is 0.724. The van der Waals surface area contributed by atoms with Gasteiger partial charge in [0.25, 0.3) is 0 Å². The van der Waals surface area contributed by atoms with Crippen LogP contribution in [0.25, 0.3) is 10.8 Å². The number of methoxy groups -OCH3 is 1. The second-order valence-electron chi connectivity index (χ2n) is 7.99. The van der Waals surface area contributed by atoms with Gasteiger partial charge in [-0.3, -0.25) is 4.79 Å². The lowest BCUT2D eigenvalue weighted by molar-refractivity contribution is -0.125. The van der Waals surface area contributed by atoms with Crippen LogP contribution >= 0.6 is 11.3 Å². The molecule has 5 heteroatoms. The summed E-state index contributed by atoms with van der Waals surface area (Å²) >= 11 is 1.43. The highest BCUT2D eigenvalue weighted by molar-refractivity contribution is 7.13. The second kappa shape index (κ2) is 7.26. The SMILES string of the molecule is COc1ccc2c(c1)C(c1ccc3ccccc3c1)C(C)(C(=O)Nc1nccs1)C2. The zero-order valence-corrected chi connectivity index (χ0v) is 17.7. The van der Waals surface area contributed by atoms with E-state index in [4.69, 9.17) is 4.74 Å². The normalized spacial score (nSPS) is 20.1. The van der Waals surface area contributed by atoms with E-state index in [0.29, 0.717) is 11.6 Å². The number of ether oxygens (including phenoxy) is 1. The molecule has 1 aromatic heterocycles. The summed E-state index contributed by atoms with van der Waals surface area (Å²) in [5.41, 5.74) is 2.84. The Hall–Kier alpha value is -3.18.